The molecule has 150 valence electrons. The molecule has 3 aromatic carbocycles. The number of esters is 1. The Morgan fingerprint density at radius 2 is 1.41 bits per heavy atom. The van der Waals surface area contributed by atoms with Gasteiger partial charge in [-0.05, 0) is 70.2 Å². The summed E-state index contributed by atoms with van der Waals surface area (Å²) < 4.78 is 11.0. The van der Waals surface area contributed by atoms with Crippen LogP contribution in [-0.2, 0) is 20.4 Å². The highest BCUT2D eigenvalue weighted by molar-refractivity contribution is 7.97. The lowest BCUT2D eigenvalue weighted by molar-refractivity contribution is -0.157. The van der Waals surface area contributed by atoms with Crippen LogP contribution in [0, 0.1) is 6.92 Å². The Labute approximate surface area is 176 Å². The van der Waals surface area contributed by atoms with Gasteiger partial charge in [0.25, 0.3) is 0 Å². The first-order valence-electron chi connectivity index (χ1n) is 9.63. The molecule has 0 spiro atoms. The molecule has 0 bridgehead atoms. The summed E-state index contributed by atoms with van der Waals surface area (Å²) >= 11 is 0. The van der Waals surface area contributed by atoms with Crippen molar-refractivity contribution < 1.29 is 14.3 Å². The van der Waals surface area contributed by atoms with Gasteiger partial charge < -0.3 is 9.47 Å². The van der Waals surface area contributed by atoms with Crippen LogP contribution in [0.4, 0.5) is 0 Å². The van der Waals surface area contributed by atoms with Crippen molar-refractivity contribution >= 4 is 16.9 Å². The Kier molecular flexibility index (Phi) is 6.65. The predicted octanol–water partition coefficient (Wildman–Crippen LogP) is 5.81. The fourth-order valence-electron chi connectivity index (χ4n) is 2.96. The van der Waals surface area contributed by atoms with Crippen molar-refractivity contribution in [2.24, 2.45) is 0 Å². The lowest BCUT2D eigenvalue weighted by Crippen LogP contribution is -2.27. The van der Waals surface area contributed by atoms with E-state index >= 15 is 0 Å². The van der Waals surface area contributed by atoms with Gasteiger partial charge in [0.15, 0.2) is 21.3 Å². The lowest BCUT2D eigenvalue weighted by atomic mass is 10.2. The molecule has 0 N–H and O–H groups in total. The number of benzene rings is 3. The van der Waals surface area contributed by atoms with Gasteiger partial charge in [0, 0.05) is 5.56 Å². The van der Waals surface area contributed by atoms with E-state index < -0.39 is 5.60 Å². The molecule has 0 heterocycles. The Morgan fingerprint density at radius 3 is 1.90 bits per heavy atom. The molecule has 0 aliphatic rings. The van der Waals surface area contributed by atoms with Crippen LogP contribution in [-0.4, -0.2) is 18.2 Å². The number of carbonyl (C=O) groups is 1. The third kappa shape index (κ3) is 5.88. The van der Waals surface area contributed by atoms with Crippen LogP contribution in [0.15, 0.2) is 93.5 Å². The number of hydrogen-bond acceptors (Lipinski definition) is 3. The summed E-state index contributed by atoms with van der Waals surface area (Å²) in [5.74, 6) is 0.300. The Morgan fingerprint density at radius 1 is 0.862 bits per heavy atom. The number of carbonyl (C=O) groups excluding carboxylic acids is 1. The fourth-order valence-corrected chi connectivity index (χ4v) is 5.18. The lowest BCUT2D eigenvalue weighted by Gasteiger charge is -2.19. The molecule has 0 amide bonds. The highest BCUT2D eigenvalue weighted by atomic mass is 32.2. The van der Waals surface area contributed by atoms with Crippen molar-refractivity contribution in [3.05, 3.63) is 84.4 Å². The van der Waals surface area contributed by atoms with E-state index in [1.807, 2.05) is 45.0 Å². The Bertz CT molecular complexity index is 907. The average molecular weight is 408 g/mol. The molecule has 0 saturated carbocycles. The average Bonchev–Trinajstić information content (AvgIpc) is 2.68. The Balaban J connectivity index is 1.84. The summed E-state index contributed by atoms with van der Waals surface area (Å²) in [7, 11) is -0.208. The van der Waals surface area contributed by atoms with Crippen molar-refractivity contribution in [2.45, 2.75) is 48.0 Å². The second kappa shape index (κ2) is 9.19. The molecular formula is C25H27O3S+. The van der Waals surface area contributed by atoms with Crippen molar-refractivity contribution in [3.63, 3.8) is 0 Å². The molecule has 0 saturated heterocycles. The zero-order valence-electron chi connectivity index (χ0n) is 17.3. The zero-order chi connectivity index (χ0) is 20.9. The molecule has 4 heteroatoms. The van der Waals surface area contributed by atoms with Gasteiger partial charge in [0.2, 0.25) is 0 Å². The van der Waals surface area contributed by atoms with Gasteiger partial charge >= 0.3 is 5.97 Å². The first kappa shape index (κ1) is 21.0. The normalized spacial score (nSPS) is 11.3. The van der Waals surface area contributed by atoms with Crippen LogP contribution in [0.5, 0.6) is 5.75 Å². The van der Waals surface area contributed by atoms with Crippen LogP contribution in [0.2, 0.25) is 0 Å². The molecule has 3 nitrogen and oxygen atoms in total. The largest absolute Gasteiger partial charge is 0.482 e. The molecular weight excluding hydrogens is 380 g/mol. The third-order valence-electron chi connectivity index (χ3n) is 4.10. The van der Waals surface area contributed by atoms with E-state index in [4.69, 9.17) is 9.47 Å². The molecule has 0 fully saturated rings. The van der Waals surface area contributed by atoms with Crippen molar-refractivity contribution in [2.75, 3.05) is 6.61 Å². The van der Waals surface area contributed by atoms with Crippen molar-refractivity contribution in [3.8, 4) is 5.75 Å². The van der Waals surface area contributed by atoms with E-state index in [-0.39, 0.29) is 23.5 Å². The summed E-state index contributed by atoms with van der Waals surface area (Å²) in [6.07, 6.45) is 0. The number of aryl methyl sites for hydroxylation is 1. The second-order valence-corrected chi connectivity index (χ2v) is 9.73. The van der Waals surface area contributed by atoms with E-state index in [1.54, 1.807) is 0 Å². The second-order valence-electron chi connectivity index (χ2n) is 7.73. The zero-order valence-corrected chi connectivity index (χ0v) is 18.2. The van der Waals surface area contributed by atoms with E-state index in [1.165, 1.54) is 14.7 Å². The summed E-state index contributed by atoms with van der Waals surface area (Å²) in [4.78, 5) is 15.7. The van der Waals surface area contributed by atoms with Crippen LogP contribution < -0.4 is 4.74 Å². The van der Waals surface area contributed by atoms with Crippen LogP contribution >= 0.6 is 0 Å². The van der Waals surface area contributed by atoms with Gasteiger partial charge in [-0.3, -0.25) is 0 Å². The van der Waals surface area contributed by atoms with E-state index in [0.29, 0.717) is 5.75 Å². The summed E-state index contributed by atoms with van der Waals surface area (Å²) in [5, 5.41) is 0. The molecule has 0 unspecified atom stereocenters. The molecule has 3 rings (SSSR count). The minimum atomic E-state index is -0.514. The molecule has 0 radical (unpaired) electrons. The number of rotatable bonds is 6. The minimum Gasteiger partial charge on any atom is -0.482 e. The third-order valence-corrected chi connectivity index (χ3v) is 6.49. The van der Waals surface area contributed by atoms with Crippen LogP contribution in [0.25, 0.3) is 0 Å². The van der Waals surface area contributed by atoms with E-state index in [0.717, 1.165) is 5.56 Å². The van der Waals surface area contributed by atoms with E-state index in [2.05, 4.69) is 61.5 Å². The first-order valence-corrected chi connectivity index (χ1v) is 10.9. The van der Waals surface area contributed by atoms with Gasteiger partial charge in [-0.25, -0.2) is 4.79 Å². The highest BCUT2D eigenvalue weighted by Gasteiger charge is 2.30. The van der Waals surface area contributed by atoms with Gasteiger partial charge in [-0.1, -0.05) is 36.4 Å². The smallest absolute Gasteiger partial charge is 0.344 e. The molecule has 0 atom stereocenters. The van der Waals surface area contributed by atoms with Gasteiger partial charge in [0.1, 0.15) is 11.4 Å². The minimum absolute atomic E-state index is 0.0981. The molecule has 29 heavy (non-hydrogen) atoms. The first-order chi connectivity index (χ1) is 13.8. The summed E-state index contributed by atoms with van der Waals surface area (Å²) in [5.41, 5.74) is 0.614. The number of hydrogen-bond donors (Lipinski definition) is 0. The number of ether oxygens (including phenoxy) is 2. The molecule has 0 aromatic heterocycles. The predicted molar refractivity (Wildman–Crippen MR) is 118 cm³/mol. The molecule has 0 aliphatic carbocycles. The summed E-state index contributed by atoms with van der Waals surface area (Å²) in [6.45, 7) is 7.52. The maximum absolute atomic E-state index is 11.9. The quantitative estimate of drug-likeness (QED) is 0.382. The standard InChI is InChI=1S/C25H27O3S/c1-19-17-20(27-18-24(26)28-25(2,3)4)15-16-23(19)29(21-11-7-5-8-12-21)22-13-9-6-10-14-22/h5-17H,18H2,1-4H3/q+1. The van der Waals surface area contributed by atoms with Crippen LogP contribution in [0.3, 0.4) is 0 Å². The van der Waals surface area contributed by atoms with Crippen molar-refractivity contribution in [1.29, 1.82) is 0 Å². The fraction of sp³-hybridized carbons (Fsp3) is 0.240. The van der Waals surface area contributed by atoms with Gasteiger partial charge in [-0.2, -0.15) is 0 Å². The van der Waals surface area contributed by atoms with Crippen molar-refractivity contribution in [1.82, 2.24) is 0 Å². The SMILES string of the molecule is Cc1cc(OCC(=O)OC(C)(C)C)ccc1[S+](c1ccccc1)c1ccccc1. The maximum atomic E-state index is 11.9. The van der Waals surface area contributed by atoms with E-state index in [9.17, 15) is 4.79 Å². The monoisotopic (exact) mass is 407 g/mol. The Hall–Kier alpha value is -2.72. The maximum Gasteiger partial charge on any atom is 0.344 e. The summed E-state index contributed by atoms with van der Waals surface area (Å²) in [6, 6.07) is 27.1. The topological polar surface area (TPSA) is 35.5 Å². The molecule has 3 aromatic rings. The van der Waals surface area contributed by atoms with Gasteiger partial charge in [-0.15, -0.1) is 0 Å². The molecule has 0 aliphatic heterocycles. The van der Waals surface area contributed by atoms with Gasteiger partial charge in [0.05, 0.1) is 10.9 Å². The highest BCUT2D eigenvalue weighted by Crippen LogP contribution is 2.34. The van der Waals surface area contributed by atoms with Crippen LogP contribution in [0.1, 0.15) is 26.3 Å².